The number of aromatic nitrogens is 4. The molecule has 0 saturated carbocycles. The number of rotatable bonds is 7. The second-order valence-electron chi connectivity index (χ2n) is 5.94. The predicted octanol–water partition coefficient (Wildman–Crippen LogP) is 2.31. The van der Waals surface area contributed by atoms with Crippen LogP contribution < -0.4 is 15.7 Å². The third-order valence-corrected chi connectivity index (χ3v) is 3.81. The van der Waals surface area contributed by atoms with Crippen LogP contribution in [0.1, 0.15) is 32.3 Å². The summed E-state index contributed by atoms with van der Waals surface area (Å²) in [5.74, 6) is -0.0564. The van der Waals surface area contributed by atoms with Crippen LogP contribution in [0.15, 0.2) is 35.1 Å². The standard InChI is InChI=1S/C18H21N5O3/c1-3-4-10-26-17-21-15(19-12(2)24)14-16(22-17)23(18(25)20-14)11-13-8-6-5-7-9-13/h5-9H,3-4,10-11H2,1-2H3,(H,20,25)(H,19,21,22,24). The summed E-state index contributed by atoms with van der Waals surface area (Å²) in [7, 11) is 0. The SMILES string of the molecule is CCCCOc1nc(NC(C)=O)c2[nH]c(=O)n(Cc3ccccc3)c2n1. The van der Waals surface area contributed by atoms with Gasteiger partial charge in [-0.05, 0) is 12.0 Å². The second-order valence-corrected chi connectivity index (χ2v) is 5.94. The average molecular weight is 355 g/mol. The molecular weight excluding hydrogens is 334 g/mol. The zero-order valence-electron chi connectivity index (χ0n) is 14.8. The fraction of sp³-hybridized carbons (Fsp3) is 0.333. The van der Waals surface area contributed by atoms with E-state index in [9.17, 15) is 9.59 Å². The third-order valence-electron chi connectivity index (χ3n) is 3.81. The van der Waals surface area contributed by atoms with Crippen molar-refractivity contribution in [3.63, 3.8) is 0 Å². The minimum atomic E-state index is -0.324. The van der Waals surface area contributed by atoms with Gasteiger partial charge in [-0.15, -0.1) is 0 Å². The molecule has 1 amide bonds. The molecule has 0 unspecified atom stereocenters. The van der Waals surface area contributed by atoms with Gasteiger partial charge >= 0.3 is 11.7 Å². The molecule has 8 nitrogen and oxygen atoms in total. The molecule has 0 aliphatic carbocycles. The molecule has 3 aromatic rings. The van der Waals surface area contributed by atoms with Gasteiger partial charge in [0.25, 0.3) is 0 Å². The van der Waals surface area contributed by atoms with E-state index in [0.717, 1.165) is 18.4 Å². The Balaban J connectivity index is 2.06. The Bertz CT molecular complexity index is 962. The maximum atomic E-state index is 12.4. The van der Waals surface area contributed by atoms with Crippen LogP contribution in [-0.2, 0) is 11.3 Å². The molecule has 0 saturated heterocycles. The Hall–Kier alpha value is -3.16. The fourth-order valence-electron chi connectivity index (χ4n) is 2.55. The van der Waals surface area contributed by atoms with Crippen LogP contribution in [0.2, 0.25) is 0 Å². The van der Waals surface area contributed by atoms with Crippen molar-refractivity contribution in [2.24, 2.45) is 0 Å². The number of aromatic amines is 1. The molecule has 0 bridgehead atoms. The largest absolute Gasteiger partial charge is 0.463 e. The molecule has 0 radical (unpaired) electrons. The number of benzene rings is 1. The van der Waals surface area contributed by atoms with Crippen LogP contribution in [0, 0.1) is 0 Å². The van der Waals surface area contributed by atoms with Crippen LogP contribution in [-0.4, -0.2) is 32.0 Å². The summed E-state index contributed by atoms with van der Waals surface area (Å²) < 4.78 is 7.09. The van der Waals surface area contributed by atoms with Gasteiger partial charge in [-0.25, -0.2) is 4.79 Å². The first-order chi connectivity index (χ1) is 12.6. The number of anilines is 1. The molecule has 8 heteroatoms. The molecule has 0 aliphatic heterocycles. The number of nitrogens with zero attached hydrogens (tertiary/aromatic N) is 3. The van der Waals surface area contributed by atoms with Crippen molar-refractivity contribution < 1.29 is 9.53 Å². The summed E-state index contributed by atoms with van der Waals surface area (Å²) >= 11 is 0. The Morgan fingerprint density at radius 3 is 2.73 bits per heavy atom. The van der Waals surface area contributed by atoms with Gasteiger partial charge in [0.15, 0.2) is 11.5 Å². The monoisotopic (exact) mass is 355 g/mol. The maximum Gasteiger partial charge on any atom is 0.328 e. The molecule has 0 atom stereocenters. The lowest BCUT2D eigenvalue weighted by molar-refractivity contribution is -0.114. The molecule has 0 spiro atoms. The van der Waals surface area contributed by atoms with Gasteiger partial charge in [0.05, 0.1) is 13.2 Å². The minimum Gasteiger partial charge on any atom is -0.463 e. The van der Waals surface area contributed by atoms with E-state index in [0.29, 0.717) is 24.3 Å². The number of nitrogens with one attached hydrogen (secondary N) is 2. The molecule has 2 heterocycles. The average Bonchev–Trinajstić information content (AvgIpc) is 2.92. The lowest BCUT2D eigenvalue weighted by Gasteiger charge is -2.08. The van der Waals surface area contributed by atoms with Crippen LogP contribution in [0.25, 0.3) is 11.2 Å². The van der Waals surface area contributed by atoms with Gasteiger partial charge in [-0.3, -0.25) is 9.36 Å². The molecule has 0 fully saturated rings. The number of fused-ring (bicyclic) bond motifs is 1. The van der Waals surface area contributed by atoms with Gasteiger partial charge < -0.3 is 15.0 Å². The van der Waals surface area contributed by atoms with Gasteiger partial charge in [-0.2, -0.15) is 9.97 Å². The summed E-state index contributed by atoms with van der Waals surface area (Å²) in [6.07, 6.45) is 1.84. The smallest absolute Gasteiger partial charge is 0.328 e. The zero-order valence-corrected chi connectivity index (χ0v) is 14.8. The van der Waals surface area contributed by atoms with Crippen LogP contribution in [0.3, 0.4) is 0 Å². The van der Waals surface area contributed by atoms with E-state index in [-0.39, 0.29) is 23.4 Å². The maximum absolute atomic E-state index is 12.4. The minimum absolute atomic E-state index is 0.135. The summed E-state index contributed by atoms with van der Waals surface area (Å²) in [6, 6.07) is 9.73. The van der Waals surface area contributed by atoms with Crippen LogP contribution in [0.5, 0.6) is 6.01 Å². The number of ether oxygens (including phenoxy) is 1. The summed E-state index contributed by atoms with van der Waals surface area (Å²) in [5, 5.41) is 2.63. The van der Waals surface area contributed by atoms with E-state index in [1.54, 1.807) is 0 Å². The van der Waals surface area contributed by atoms with E-state index in [1.807, 2.05) is 30.3 Å². The van der Waals surface area contributed by atoms with Crippen LogP contribution >= 0.6 is 0 Å². The Labute approximate surface area is 150 Å². The van der Waals surface area contributed by atoms with Gasteiger partial charge in [0.1, 0.15) is 5.52 Å². The predicted molar refractivity (Wildman–Crippen MR) is 98.4 cm³/mol. The van der Waals surface area contributed by atoms with Crippen molar-refractivity contribution in [2.75, 3.05) is 11.9 Å². The third kappa shape index (κ3) is 3.90. The fourth-order valence-corrected chi connectivity index (χ4v) is 2.55. The van der Waals surface area contributed by atoms with E-state index >= 15 is 0 Å². The second kappa shape index (κ2) is 7.81. The molecule has 136 valence electrons. The first-order valence-electron chi connectivity index (χ1n) is 8.53. The van der Waals surface area contributed by atoms with Crippen molar-refractivity contribution in [3.05, 3.63) is 46.4 Å². The highest BCUT2D eigenvalue weighted by Gasteiger charge is 2.17. The van der Waals surface area contributed by atoms with E-state index in [4.69, 9.17) is 4.74 Å². The molecule has 3 rings (SSSR count). The van der Waals surface area contributed by atoms with Gasteiger partial charge in [0, 0.05) is 6.92 Å². The molecule has 1 aromatic carbocycles. The number of unbranched alkanes of at least 4 members (excludes halogenated alkanes) is 1. The highest BCUT2D eigenvalue weighted by atomic mass is 16.5. The van der Waals surface area contributed by atoms with E-state index < -0.39 is 0 Å². The molecule has 26 heavy (non-hydrogen) atoms. The van der Waals surface area contributed by atoms with Gasteiger partial charge in [-0.1, -0.05) is 43.7 Å². The number of carbonyl (C=O) groups excluding carboxylic acids is 1. The number of carbonyl (C=O) groups is 1. The van der Waals surface area contributed by atoms with Crippen molar-refractivity contribution >= 4 is 22.9 Å². The number of imidazole rings is 1. The first-order valence-corrected chi connectivity index (χ1v) is 8.53. The highest BCUT2D eigenvalue weighted by Crippen LogP contribution is 2.21. The van der Waals surface area contributed by atoms with Gasteiger partial charge in [0.2, 0.25) is 5.91 Å². The lowest BCUT2D eigenvalue weighted by Crippen LogP contribution is -2.17. The number of hydrogen-bond acceptors (Lipinski definition) is 5. The number of amides is 1. The summed E-state index contributed by atoms with van der Waals surface area (Å²) in [4.78, 5) is 35.3. The van der Waals surface area contributed by atoms with E-state index in [2.05, 4.69) is 27.2 Å². The molecular formula is C18H21N5O3. The quantitative estimate of drug-likeness (QED) is 0.633. The molecule has 2 N–H and O–H groups in total. The lowest BCUT2D eigenvalue weighted by atomic mass is 10.2. The van der Waals surface area contributed by atoms with Crippen molar-refractivity contribution in [1.82, 2.24) is 19.5 Å². The van der Waals surface area contributed by atoms with Crippen molar-refractivity contribution in [3.8, 4) is 6.01 Å². The Morgan fingerprint density at radius 1 is 1.27 bits per heavy atom. The van der Waals surface area contributed by atoms with Crippen molar-refractivity contribution in [1.29, 1.82) is 0 Å². The molecule has 0 aliphatic rings. The highest BCUT2D eigenvalue weighted by molar-refractivity contribution is 5.95. The first kappa shape index (κ1) is 17.7. The number of hydrogen-bond donors (Lipinski definition) is 2. The van der Waals surface area contributed by atoms with Crippen LogP contribution in [0.4, 0.5) is 5.82 Å². The topological polar surface area (TPSA) is 102 Å². The number of H-pyrrole nitrogens is 1. The Morgan fingerprint density at radius 2 is 2.04 bits per heavy atom. The normalized spacial score (nSPS) is 10.8. The molecule has 2 aromatic heterocycles. The summed E-state index contributed by atoms with van der Waals surface area (Å²) in [5.41, 5.74) is 1.41. The van der Waals surface area contributed by atoms with E-state index in [1.165, 1.54) is 11.5 Å². The summed E-state index contributed by atoms with van der Waals surface area (Å²) in [6.45, 7) is 4.25. The van der Waals surface area contributed by atoms with Crippen molar-refractivity contribution in [2.45, 2.75) is 33.2 Å². The zero-order chi connectivity index (χ0) is 18.5. The Kier molecular flexibility index (Phi) is 5.31.